The lowest BCUT2D eigenvalue weighted by atomic mass is 9.41. The molecule has 0 radical (unpaired) electrons. The summed E-state index contributed by atoms with van der Waals surface area (Å²) in [6.07, 6.45) is 7.46. The van der Waals surface area contributed by atoms with E-state index in [4.69, 9.17) is 5.73 Å². The van der Waals surface area contributed by atoms with Crippen molar-refractivity contribution in [2.45, 2.75) is 109 Å². The molecule has 1 amide bonds. The highest BCUT2D eigenvalue weighted by Crippen LogP contribution is 2.69. The molecule has 4 saturated carbocycles. The Hall–Kier alpha value is -1.43. The van der Waals surface area contributed by atoms with Gasteiger partial charge in [0.2, 0.25) is 5.91 Å². The van der Waals surface area contributed by atoms with Crippen molar-refractivity contribution in [2.24, 2.45) is 46.2 Å². The molecule has 200 valence electrons. The summed E-state index contributed by atoms with van der Waals surface area (Å²) >= 11 is 0. The first-order valence-electron chi connectivity index (χ1n) is 14.5. The van der Waals surface area contributed by atoms with Crippen molar-refractivity contribution >= 4 is 5.91 Å². The van der Waals surface area contributed by atoms with Crippen molar-refractivity contribution in [3.8, 4) is 0 Å². The number of rotatable bonds is 5. The van der Waals surface area contributed by atoms with Crippen molar-refractivity contribution in [3.63, 3.8) is 0 Å². The first-order valence-corrected chi connectivity index (χ1v) is 14.5. The zero-order valence-corrected chi connectivity index (χ0v) is 22.7. The summed E-state index contributed by atoms with van der Waals surface area (Å²) in [6.45, 7) is 9.11. The molecule has 5 heteroatoms. The van der Waals surface area contributed by atoms with Gasteiger partial charge in [0.1, 0.15) is 0 Å². The molecular formula is C31H48N2O3. The fourth-order valence-electron chi connectivity index (χ4n) is 9.95. The predicted octanol–water partition coefficient (Wildman–Crippen LogP) is 4.96. The number of amides is 1. The van der Waals surface area contributed by atoms with Crippen LogP contribution in [0.3, 0.4) is 0 Å². The van der Waals surface area contributed by atoms with Crippen molar-refractivity contribution in [3.05, 3.63) is 35.9 Å². The molecule has 0 aromatic heterocycles. The molecule has 5 rings (SSSR count). The highest BCUT2D eigenvalue weighted by Gasteiger charge is 2.68. The minimum Gasteiger partial charge on any atom is -0.393 e. The van der Waals surface area contributed by atoms with Gasteiger partial charge in [-0.25, -0.2) is 0 Å². The Morgan fingerprint density at radius 3 is 2.39 bits per heavy atom. The van der Waals surface area contributed by atoms with Gasteiger partial charge in [-0.15, -0.1) is 0 Å². The van der Waals surface area contributed by atoms with Gasteiger partial charge < -0.3 is 21.3 Å². The van der Waals surface area contributed by atoms with E-state index in [9.17, 15) is 15.0 Å². The van der Waals surface area contributed by atoms with Gasteiger partial charge in [0.25, 0.3) is 0 Å². The molecule has 36 heavy (non-hydrogen) atoms. The minimum absolute atomic E-state index is 0.000602. The lowest BCUT2D eigenvalue weighted by molar-refractivity contribution is -0.187. The molecule has 1 aromatic rings. The van der Waals surface area contributed by atoms with Crippen LogP contribution in [0.25, 0.3) is 0 Å². The average molecular weight is 497 g/mol. The second kappa shape index (κ2) is 9.39. The van der Waals surface area contributed by atoms with Crippen molar-refractivity contribution in [1.82, 2.24) is 5.32 Å². The van der Waals surface area contributed by atoms with Crippen LogP contribution in [0, 0.1) is 40.4 Å². The van der Waals surface area contributed by atoms with E-state index in [-0.39, 0.29) is 40.7 Å². The number of aliphatic hydroxyl groups excluding tert-OH is 2. The fourth-order valence-corrected chi connectivity index (χ4v) is 9.95. The quantitative estimate of drug-likeness (QED) is 0.463. The Labute approximate surface area is 217 Å². The molecule has 0 heterocycles. The van der Waals surface area contributed by atoms with E-state index >= 15 is 0 Å². The van der Waals surface area contributed by atoms with Crippen molar-refractivity contribution < 1.29 is 15.0 Å². The van der Waals surface area contributed by atoms with Gasteiger partial charge in [-0.2, -0.15) is 0 Å². The smallest absolute Gasteiger partial charge is 0.220 e. The summed E-state index contributed by atoms with van der Waals surface area (Å²) in [4.78, 5) is 13.0. The van der Waals surface area contributed by atoms with Crippen LogP contribution in [0.5, 0.6) is 0 Å². The van der Waals surface area contributed by atoms with E-state index < -0.39 is 11.6 Å². The van der Waals surface area contributed by atoms with Crippen LogP contribution >= 0.6 is 0 Å². The Morgan fingerprint density at radius 2 is 1.67 bits per heavy atom. The minimum atomic E-state index is -0.570. The first kappa shape index (κ1) is 26.2. The first-order chi connectivity index (χ1) is 17.0. The lowest BCUT2D eigenvalue weighted by Crippen LogP contribution is -2.74. The number of hydrogen-bond donors (Lipinski definition) is 4. The van der Waals surface area contributed by atoms with Crippen LogP contribution < -0.4 is 11.1 Å². The van der Waals surface area contributed by atoms with Crippen LogP contribution in [0.1, 0.15) is 97.1 Å². The van der Waals surface area contributed by atoms with E-state index in [1.54, 1.807) is 0 Å². The van der Waals surface area contributed by atoms with Crippen molar-refractivity contribution in [1.29, 1.82) is 0 Å². The highest BCUT2D eigenvalue weighted by molar-refractivity contribution is 5.76. The van der Waals surface area contributed by atoms with Gasteiger partial charge in [-0.3, -0.25) is 4.79 Å². The fraction of sp³-hybridized carbons (Fsp3) is 0.774. The molecule has 0 spiro atoms. The van der Waals surface area contributed by atoms with Crippen LogP contribution in [0.15, 0.2) is 30.3 Å². The highest BCUT2D eigenvalue weighted by atomic mass is 16.3. The third kappa shape index (κ3) is 4.05. The van der Waals surface area contributed by atoms with Gasteiger partial charge in [-0.1, -0.05) is 51.1 Å². The maximum absolute atomic E-state index is 13.0. The largest absolute Gasteiger partial charge is 0.393 e. The van der Waals surface area contributed by atoms with E-state index in [1.165, 1.54) is 0 Å². The van der Waals surface area contributed by atoms with E-state index in [2.05, 4.69) is 38.2 Å². The Morgan fingerprint density at radius 1 is 1.00 bits per heavy atom. The average Bonchev–Trinajstić information content (AvgIpc) is 3.20. The normalized spacial score (nSPS) is 45.6. The summed E-state index contributed by atoms with van der Waals surface area (Å²) in [5.41, 5.74) is 8.12. The molecular weight excluding hydrogens is 448 g/mol. The molecule has 1 aromatic carbocycles. The number of aliphatic hydroxyl groups is 2. The molecule has 6 unspecified atom stereocenters. The zero-order chi connectivity index (χ0) is 25.9. The molecule has 0 bridgehead atoms. The van der Waals surface area contributed by atoms with Crippen LogP contribution in [-0.2, 0) is 4.79 Å². The lowest BCUT2D eigenvalue weighted by Gasteiger charge is -2.67. The van der Waals surface area contributed by atoms with E-state index in [0.29, 0.717) is 30.6 Å². The molecule has 0 saturated heterocycles. The zero-order valence-electron chi connectivity index (χ0n) is 22.7. The molecule has 5 N–H and O–H groups in total. The number of nitrogens with two attached hydrogens (primary N) is 1. The molecule has 5 nitrogen and oxygen atoms in total. The SMILES string of the molecule is CC(NC(=O)C[C@@H](C)C1CC[C@@H]2C1(C)CC[C@@H]1C3(C)CC[C@@H](O)CC3C[C@@H](O)C12N)c1ccccc1. The number of carbonyl (C=O) groups is 1. The maximum Gasteiger partial charge on any atom is 0.220 e. The monoisotopic (exact) mass is 496 g/mol. The molecule has 0 aliphatic heterocycles. The summed E-state index contributed by atoms with van der Waals surface area (Å²) in [6, 6.07) is 10.1. The number of benzene rings is 1. The molecule has 4 aliphatic carbocycles. The third-order valence-electron chi connectivity index (χ3n) is 11.8. The summed E-state index contributed by atoms with van der Waals surface area (Å²) in [5.74, 6) is 1.77. The van der Waals surface area contributed by atoms with E-state index in [1.807, 2.05) is 25.1 Å². The van der Waals surface area contributed by atoms with Crippen LogP contribution in [0.4, 0.5) is 0 Å². The van der Waals surface area contributed by atoms with Gasteiger partial charge in [0.05, 0.1) is 18.2 Å². The van der Waals surface area contributed by atoms with E-state index in [0.717, 1.165) is 50.5 Å². The summed E-state index contributed by atoms with van der Waals surface area (Å²) in [5, 5.41) is 25.1. The molecule has 4 fully saturated rings. The topological polar surface area (TPSA) is 95.6 Å². The summed E-state index contributed by atoms with van der Waals surface area (Å²) in [7, 11) is 0. The molecule has 11 atom stereocenters. The third-order valence-corrected chi connectivity index (χ3v) is 11.8. The number of carbonyl (C=O) groups excluding carboxylic acids is 1. The summed E-state index contributed by atoms with van der Waals surface area (Å²) < 4.78 is 0. The van der Waals surface area contributed by atoms with Crippen LogP contribution in [-0.4, -0.2) is 33.9 Å². The Balaban J connectivity index is 1.31. The van der Waals surface area contributed by atoms with Gasteiger partial charge in [0.15, 0.2) is 0 Å². The Kier molecular flexibility index (Phi) is 6.83. The van der Waals surface area contributed by atoms with Crippen molar-refractivity contribution in [2.75, 3.05) is 0 Å². The predicted molar refractivity (Wildman–Crippen MR) is 143 cm³/mol. The van der Waals surface area contributed by atoms with Crippen LogP contribution in [0.2, 0.25) is 0 Å². The van der Waals surface area contributed by atoms with Gasteiger partial charge in [-0.05, 0) is 104 Å². The second-order valence-corrected chi connectivity index (χ2v) is 13.6. The Bertz CT molecular complexity index is 954. The standard InChI is InChI=1S/C31H48N2O3/c1-19(16-28(36)33-20(2)21-8-6-5-7-9-21)24-10-11-25-30(24,4)15-13-26-29(3)14-12-23(34)17-22(29)18-27(35)31(25,26)32/h5-9,19-20,22-27,34-35H,10-18,32H2,1-4H3,(H,33,36)/t19-,20?,22?,23-,24?,25-,26-,27-,29?,30?,31?/m1/s1. The molecule has 4 aliphatic rings. The maximum atomic E-state index is 13.0. The second-order valence-electron chi connectivity index (χ2n) is 13.6. The number of nitrogens with one attached hydrogen (secondary N) is 1. The van der Waals surface area contributed by atoms with Gasteiger partial charge >= 0.3 is 0 Å². The number of fused-ring (bicyclic) bond motifs is 5. The van der Waals surface area contributed by atoms with Gasteiger partial charge in [0, 0.05) is 12.0 Å². The number of hydrogen-bond acceptors (Lipinski definition) is 4.